The van der Waals surface area contributed by atoms with E-state index in [4.69, 9.17) is 9.84 Å². The van der Waals surface area contributed by atoms with Crippen molar-refractivity contribution in [1.29, 1.82) is 0 Å². The number of rotatable bonds is 5. The van der Waals surface area contributed by atoms with Crippen LogP contribution in [0.5, 0.6) is 0 Å². The number of alkyl halides is 3. The van der Waals surface area contributed by atoms with E-state index in [0.717, 1.165) is 12.1 Å². The van der Waals surface area contributed by atoms with Gasteiger partial charge in [0.1, 0.15) is 5.60 Å². The van der Waals surface area contributed by atoms with Gasteiger partial charge in [0, 0.05) is 0 Å². The Kier molecular flexibility index (Phi) is 5.41. The summed E-state index contributed by atoms with van der Waals surface area (Å²) in [6, 6.07) is 4.82. The third kappa shape index (κ3) is 6.33. The summed E-state index contributed by atoms with van der Waals surface area (Å²) in [5.74, 6) is 0. The van der Waals surface area contributed by atoms with Gasteiger partial charge in [0.2, 0.25) is 0 Å². The van der Waals surface area contributed by atoms with E-state index >= 15 is 0 Å². The average molecular weight is 302 g/mol. The molecule has 0 aromatic heterocycles. The highest BCUT2D eigenvalue weighted by atomic mass is 19.4. The smallest absolute Gasteiger partial charge is 0.450 e. The molecule has 0 aliphatic rings. The van der Waals surface area contributed by atoms with Crippen LogP contribution in [0.15, 0.2) is 30.3 Å². The zero-order valence-corrected chi connectivity index (χ0v) is 11.8. The summed E-state index contributed by atoms with van der Waals surface area (Å²) >= 11 is 0. The SMILES string of the molecule is CC(C)(CC/C=C/c1ccc(C(F)(F)F)cc1)OC(=O)O. The van der Waals surface area contributed by atoms with Crippen LogP contribution in [0.4, 0.5) is 18.0 Å². The Balaban J connectivity index is 2.53. The zero-order chi connectivity index (χ0) is 16.1. The molecule has 1 aromatic carbocycles. The third-order valence-electron chi connectivity index (χ3n) is 2.82. The lowest BCUT2D eigenvalue weighted by Gasteiger charge is -2.22. The number of hydrogen-bond donors (Lipinski definition) is 1. The van der Waals surface area contributed by atoms with Crippen LogP contribution in [0, 0.1) is 0 Å². The number of hydrogen-bond acceptors (Lipinski definition) is 2. The number of halogens is 3. The van der Waals surface area contributed by atoms with E-state index in [2.05, 4.69) is 0 Å². The first kappa shape index (κ1) is 17.1. The van der Waals surface area contributed by atoms with Crippen LogP contribution < -0.4 is 0 Å². The molecule has 6 heteroatoms. The fourth-order valence-corrected chi connectivity index (χ4v) is 1.72. The lowest BCUT2D eigenvalue weighted by Crippen LogP contribution is -2.26. The molecular weight excluding hydrogens is 285 g/mol. The maximum absolute atomic E-state index is 12.4. The number of allylic oxidation sites excluding steroid dienone is 1. The molecule has 0 amide bonds. The Labute approximate surface area is 121 Å². The molecule has 116 valence electrons. The van der Waals surface area contributed by atoms with Crippen molar-refractivity contribution in [3.63, 3.8) is 0 Å². The maximum Gasteiger partial charge on any atom is 0.506 e. The van der Waals surface area contributed by atoms with Gasteiger partial charge in [-0.15, -0.1) is 0 Å². The second-order valence-corrected chi connectivity index (χ2v) is 5.19. The van der Waals surface area contributed by atoms with E-state index in [9.17, 15) is 18.0 Å². The molecule has 0 heterocycles. The van der Waals surface area contributed by atoms with Gasteiger partial charge in [0.15, 0.2) is 0 Å². The van der Waals surface area contributed by atoms with E-state index in [-0.39, 0.29) is 0 Å². The number of ether oxygens (including phenoxy) is 1. The van der Waals surface area contributed by atoms with Crippen LogP contribution in [0.3, 0.4) is 0 Å². The Morgan fingerprint density at radius 3 is 2.29 bits per heavy atom. The average Bonchev–Trinajstić information content (AvgIpc) is 2.32. The van der Waals surface area contributed by atoms with E-state index in [1.807, 2.05) is 0 Å². The summed E-state index contributed by atoms with van der Waals surface area (Å²) in [5, 5.41) is 8.54. The lowest BCUT2D eigenvalue weighted by molar-refractivity contribution is -0.137. The molecule has 0 unspecified atom stereocenters. The predicted molar refractivity (Wildman–Crippen MR) is 72.9 cm³/mol. The summed E-state index contributed by atoms with van der Waals surface area (Å²) in [6.45, 7) is 3.32. The van der Waals surface area contributed by atoms with Crippen molar-refractivity contribution in [2.75, 3.05) is 0 Å². The first-order valence-corrected chi connectivity index (χ1v) is 6.36. The van der Waals surface area contributed by atoms with Crippen LogP contribution in [0.1, 0.15) is 37.8 Å². The van der Waals surface area contributed by atoms with Gasteiger partial charge >= 0.3 is 12.3 Å². The summed E-state index contributed by atoms with van der Waals surface area (Å²) < 4.78 is 41.8. The van der Waals surface area contributed by atoms with E-state index in [0.29, 0.717) is 18.4 Å². The molecule has 0 radical (unpaired) electrons. The van der Waals surface area contributed by atoms with Gasteiger partial charge in [-0.2, -0.15) is 13.2 Å². The van der Waals surface area contributed by atoms with Crippen molar-refractivity contribution < 1.29 is 27.8 Å². The van der Waals surface area contributed by atoms with Crippen molar-refractivity contribution in [2.24, 2.45) is 0 Å². The second-order valence-electron chi connectivity index (χ2n) is 5.19. The van der Waals surface area contributed by atoms with Crippen LogP contribution in [0.2, 0.25) is 0 Å². The topological polar surface area (TPSA) is 46.5 Å². The van der Waals surface area contributed by atoms with Crippen molar-refractivity contribution in [3.8, 4) is 0 Å². The molecule has 0 spiro atoms. The van der Waals surface area contributed by atoms with Gasteiger partial charge in [-0.25, -0.2) is 4.79 Å². The normalized spacial score (nSPS) is 12.6. The van der Waals surface area contributed by atoms with Crippen molar-refractivity contribution in [2.45, 2.75) is 38.5 Å². The minimum Gasteiger partial charge on any atom is -0.450 e. The molecule has 1 rings (SSSR count). The van der Waals surface area contributed by atoms with Crippen LogP contribution in [0.25, 0.3) is 6.08 Å². The number of benzene rings is 1. The molecule has 3 nitrogen and oxygen atoms in total. The molecule has 0 aliphatic heterocycles. The quantitative estimate of drug-likeness (QED) is 0.781. The summed E-state index contributed by atoms with van der Waals surface area (Å²) in [5.41, 5.74) is -0.827. The predicted octanol–water partition coefficient (Wildman–Crippen LogP) is 4.97. The molecule has 0 atom stereocenters. The van der Waals surface area contributed by atoms with Gasteiger partial charge in [-0.3, -0.25) is 0 Å². The number of carboxylic acid groups (broad SMARTS) is 1. The minimum absolute atomic E-state index is 0.483. The van der Waals surface area contributed by atoms with Crippen molar-refractivity contribution >= 4 is 12.2 Å². The Morgan fingerprint density at radius 1 is 1.24 bits per heavy atom. The molecular formula is C15H17F3O3. The van der Waals surface area contributed by atoms with E-state index in [1.165, 1.54) is 12.1 Å². The summed E-state index contributed by atoms with van der Waals surface area (Å²) in [6.07, 6.45) is -1.16. The molecule has 0 saturated heterocycles. The zero-order valence-electron chi connectivity index (χ0n) is 11.8. The van der Waals surface area contributed by atoms with Gasteiger partial charge < -0.3 is 9.84 Å². The van der Waals surface area contributed by atoms with Crippen LogP contribution in [-0.2, 0) is 10.9 Å². The largest absolute Gasteiger partial charge is 0.506 e. The first-order chi connectivity index (χ1) is 9.60. The maximum atomic E-state index is 12.4. The highest BCUT2D eigenvalue weighted by Gasteiger charge is 2.29. The van der Waals surface area contributed by atoms with E-state index < -0.39 is 23.5 Å². The molecule has 0 bridgehead atoms. The van der Waals surface area contributed by atoms with Gasteiger partial charge in [-0.1, -0.05) is 24.3 Å². The molecule has 1 N–H and O–H groups in total. The number of carbonyl (C=O) groups is 1. The first-order valence-electron chi connectivity index (χ1n) is 6.36. The minimum atomic E-state index is -4.33. The third-order valence-corrected chi connectivity index (χ3v) is 2.82. The van der Waals surface area contributed by atoms with Gasteiger partial charge in [0.25, 0.3) is 0 Å². The van der Waals surface area contributed by atoms with Crippen molar-refractivity contribution in [1.82, 2.24) is 0 Å². The molecule has 1 aromatic rings. The molecule has 0 aliphatic carbocycles. The van der Waals surface area contributed by atoms with Gasteiger partial charge in [0.05, 0.1) is 5.56 Å². The Morgan fingerprint density at radius 2 is 1.81 bits per heavy atom. The molecule has 0 fully saturated rings. The Bertz CT molecular complexity index is 502. The highest BCUT2D eigenvalue weighted by Crippen LogP contribution is 2.29. The van der Waals surface area contributed by atoms with Crippen LogP contribution >= 0.6 is 0 Å². The Hall–Kier alpha value is -1.98. The van der Waals surface area contributed by atoms with Gasteiger partial charge in [-0.05, 0) is 44.4 Å². The second kappa shape index (κ2) is 6.65. The molecule has 0 saturated carbocycles. The fourth-order valence-electron chi connectivity index (χ4n) is 1.72. The van der Waals surface area contributed by atoms with E-state index in [1.54, 1.807) is 26.0 Å². The van der Waals surface area contributed by atoms with Crippen molar-refractivity contribution in [3.05, 3.63) is 41.5 Å². The van der Waals surface area contributed by atoms with Crippen LogP contribution in [-0.4, -0.2) is 16.9 Å². The summed E-state index contributed by atoms with van der Waals surface area (Å²) in [4.78, 5) is 10.4. The molecule has 21 heavy (non-hydrogen) atoms. The monoisotopic (exact) mass is 302 g/mol. The highest BCUT2D eigenvalue weighted by molar-refractivity contribution is 5.57. The fraction of sp³-hybridized carbons (Fsp3) is 0.400. The lowest BCUT2D eigenvalue weighted by atomic mass is 10.0. The standard InChI is InChI=1S/C15H17F3O3/c1-14(2,21-13(19)20)10-4-3-5-11-6-8-12(9-7-11)15(16,17)18/h3,5-9H,4,10H2,1-2H3,(H,19,20)/b5-3+. The summed E-state index contributed by atoms with van der Waals surface area (Å²) in [7, 11) is 0.